The Morgan fingerprint density at radius 2 is 2.06 bits per heavy atom. The van der Waals surface area contributed by atoms with Crippen LogP contribution in [0.15, 0.2) is 18.2 Å². The van der Waals surface area contributed by atoms with Crippen LogP contribution in [0.2, 0.25) is 0 Å². The summed E-state index contributed by atoms with van der Waals surface area (Å²) in [6, 6.07) is 3.85. The number of carbonyl (C=O) groups excluding carboxylic acids is 1. The van der Waals surface area contributed by atoms with Crippen LogP contribution in [0.3, 0.4) is 0 Å². The van der Waals surface area contributed by atoms with Crippen molar-refractivity contribution < 1.29 is 13.6 Å². The molecule has 1 aromatic carbocycles. The third-order valence-corrected chi connectivity index (χ3v) is 3.12. The van der Waals surface area contributed by atoms with Crippen LogP contribution < -0.4 is 0 Å². The molecule has 0 N–H and O–H groups in total. The van der Waals surface area contributed by atoms with E-state index in [2.05, 4.69) is 0 Å². The van der Waals surface area contributed by atoms with Crippen LogP contribution in [0.5, 0.6) is 0 Å². The van der Waals surface area contributed by atoms with Crippen molar-refractivity contribution in [2.24, 2.45) is 0 Å². The number of hydrogen-bond acceptors (Lipinski definition) is 1. The Kier molecular flexibility index (Phi) is 2.90. The molecule has 2 nitrogen and oxygen atoms in total. The van der Waals surface area contributed by atoms with Crippen LogP contribution in [0, 0.1) is 11.6 Å². The fraction of sp³-hybridized carbons (Fsp3) is 0.417. The molecule has 1 aromatic rings. The van der Waals surface area contributed by atoms with E-state index in [9.17, 15) is 13.6 Å². The second-order valence-corrected chi connectivity index (χ2v) is 4.10. The van der Waals surface area contributed by atoms with E-state index in [0.717, 1.165) is 25.3 Å². The van der Waals surface area contributed by atoms with Gasteiger partial charge in [0.1, 0.15) is 0 Å². The molecule has 86 valence electrons. The Hall–Kier alpha value is -1.45. The fourth-order valence-corrected chi connectivity index (χ4v) is 1.80. The average molecular weight is 225 g/mol. The molecule has 0 saturated heterocycles. The monoisotopic (exact) mass is 225 g/mol. The Balaban J connectivity index is 2.22. The molecule has 0 spiro atoms. The largest absolute Gasteiger partial charge is 0.339 e. The van der Waals surface area contributed by atoms with Gasteiger partial charge in [-0.25, -0.2) is 8.78 Å². The molecular formula is C12H13F2NO. The highest BCUT2D eigenvalue weighted by atomic mass is 19.2. The Bertz CT molecular complexity index is 415. The van der Waals surface area contributed by atoms with Crippen molar-refractivity contribution >= 4 is 5.91 Å². The number of halogens is 2. The predicted molar refractivity (Wildman–Crippen MR) is 56.1 cm³/mol. The zero-order valence-corrected chi connectivity index (χ0v) is 9.04. The highest BCUT2D eigenvalue weighted by Gasteiger charge is 2.28. The van der Waals surface area contributed by atoms with Crippen molar-refractivity contribution in [3.8, 4) is 0 Å². The van der Waals surface area contributed by atoms with Gasteiger partial charge in [-0.1, -0.05) is 6.07 Å². The van der Waals surface area contributed by atoms with Crippen LogP contribution in [0.25, 0.3) is 0 Å². The topological polar surface area (TPSA) is 20.3 Å². The number of nitrogens with zero attached hydrogens (tertiary/aromatic N) is 1. The Labute approximate surface area is 92.9 Å². The van der Waals surface area contributed by atoms with Gasteiger partial charge in [0.15, 0.2) is 11.6 Å². The van der Waals surface area contributed by atoms with E-state index in [4.69, 9.17) is 0 Å². The van der Waals surface area contributed by atoms with Gasteiger partial charge >= 0.3 is 0 Å². The van der Waals surface area contributed by atoms with E-state index in [1.807, 2.05) is 0 Å². The predicted octanol–water partition coefficient (Wildman–Crippen LogP) is 2.59. The lowest BCUT2D eigenvalue weighted by atomic mass is 9.91. The van der Waals surface area contributed by atoms with Crippen molar-refractivity contribution in [3.63, 3.8) is 0 Å². The third-order valence-electron chi connectivity index (χ3n) is 3.12. The van der Waals surface area contributed by atoms with Gasteiger partial charge in [0.05, 0.1) is 5.56 Å². The second kappa shape index (κ2) is 4.20. The maximum Gasteiger partial charge on any atom is 0.256 e. The lowest BCUT2D eigenvalue weighted by Gasteiger charge is -2.34. The van der Waals surface area contributed by atoms with E-state index in [-0.39, 0.29) is 11.6 Å². The van der Waals surface area contributed by atoms with Crippen molar-refractivity contribution in [1.29, 1.82) is 0 Å². The van der Waals surface area contributed by atoms with Gasteiger partial charge < -0.3 is 4.90 Å². The number of rotatable bonds is 2. The van der Waals surface area contributed by atoms with Crippen LogP contribution in [-0.4, -0.2) is 23.9 Å². The first-order valence-electron chi connectivity index (χ1n) is 5.32. The van der Waals surface area contributed by atoms with Crippen molar-refractivity contribution in [2.45, 2.75) is 25.3 Å². The van der Waals surface area contributed by atoms with E-state index in [1.54, 1.807) is 7.05 Å². The first-order valence-corrected chi connectivity index (χ1v) is 5.32. The standard InChI is InChI=1S/C12H13F2NO/c1-15(8-4-2-5-8)12(16)9-6-3-7-10(13)11(9)14/h3,6-8H,2,4-5H2,1H3. The van der Waals surface area contributed by atoms with E-state index < -0.39 is 17.5 Å². The molecule has 1 aliphatic carbocycles. The lowest BCUT2D eigenvalue weighted by Crippen LogP contribution is -2.41. The molecule has 0 bridgehead atoms. The zero-order chi connectivity index (χ0) is 11.7. The summed E-state index contributed by atoms with van der Waals surface area (Å²) in [6.45, 7) is 0. The summed E-state index contributed by atoms with van der Waals surface area (Å²) >= 11 is 0. The Morgan fingerprint density at radius 3 is 2.62 bits per heavy atom. The molecule has 1 fully saturated rings. The molecule has 1 amide bonds. The molecule has 2 rings (SSSR count). The van der Waals surface area contributed by atoms with Crippen LogP contribution in [-0.2, 0) is 0 Å². The molecule has 0 radical (unpaired) electrons. The summed E-state index contributed by atoms with van der Waals surface area (Å²) in [5.41, 5.74) is -0.186. The van der Waals surface area contributed by atoms with Crippen LogP contribution >= 0.6 is 0 Å². The molecular weight excluding hydrogens is 212 g/mol. The molecule has 16 heavy (non-hydrogen) atoms. The minimum Gasteiger partial charge on any atom is -0.339 e. The molecule has 0 aliphatic heterocycles. The van der Waals surface area contributed by atoms with Gasteiger partial charge in [0.2, 0.25) is 0 Å². The van der Waals surface area contributed by atoms with Crippen molar-refractivity contribution in [3.05, 3.63) is 35.4 Å². The second-order valence-electron chi connectivity index (χ2n) is 4.10. The first-order chi connectivity index (χ1) is 7.61. The number of amides is 1. The zero-order valence-electron chi connectivity index (χ0n) is 9.04. The summed E-state index contributed by atoms with van der Waals surface area (Å²) in [5, 5.41) is 0. The van der Waals surface area contributed by atoms with Crippen molar-refractivity contribution in [1.82, 2.24) is 4.90 Å². The molecule has 1 aliphatic rings. The van der Waals surface area contributed by atoms with E-state index >= 15 is 0 Å². The third kappa shape index (κ3) is 1.79. The molecule has 0 aromatic heterocycles. The molecule has 4 heteroatoms. The van der Waals surface area contributed by atoms with E-state index in [0.29, 0.717) is 0 Å². The summed E-state index contributed by atoms with van der Waals surface area (Å²) in [6.07, 6.45) is 2.98. The summed E-state index contributed by atoms with van der Waals surface area (Å²) in [5.74, 6) is -2.48. The minimum absolute atomic E-state index is 0.176. The van der Waals surface area contributed by atoms with Gasteiger partial charge in [0.25, 0.3) is 5.91 Å². The van der Waals surface area contributed by atoms with Gasteiger partial charge in [0, 0.05) is 13.1 Å². The first kappa shape index (κ1) is 11.0. The molecule has 1 saturated carbocycles. The van der Waals surface area contributed by atoms with Crippen molar-refractivity contribution in [2.75, 3.05) is 7.05 Å². The van der Waals surface area contributed by atoms with Gasteiger partial charge in [-0.2, -0.15) is 0 Å². The average Bonchev–Trinajstić information content (AvgIpc) is 2.18. The summed E-state index contributed by atoms with van der Waals surface area (Å²) < 4.78 is 26.3. The fourth-order valence-electron chi connectivity index (χ4n) is 1.80. The lowest BCUT2D eigenvalue weighted by molar-refractivity contribution is 0.0646. The number of benzene rings is 1. The molecule has 0 atom stereocenters. The van der Waals surface area contributed by atoms with Crippen LogP contribution in [0.1, 0.15) is 29.6 Å². The van der Waals surface area contributed by atoms with Crippen LogP contribution in [0.4, 0.5) is 8.78 Å². The molecule has 0 unspecified atom stereocenters. The minimum atomic E-state index is -1.06. The maximum atomic E-state index is 13.4. The quantitative estimate of drug-likeness (QED) is 0.757. The van der Waals surface area contributed by atoms with E-state index in [1.165, 1.54) is 17.0 Å². The van der Waals surface area contributed by atoms with Gasteiger partial charge in [-0.3, -0.25) is 4.79 Å². The Morgan fingerprint density at radius 1 is 1.38 bits per heavy atom. The summed E-state index contributed by atoms with van der Waals surface area (Å²) in [4.78, 5) is 13.4. The molecule has 0 heterocycles. The number of hydrogen-bond donors (Lipinski definition) is 0. The normalized spacial score (nSPS) is 15.7. The summed E-state index contributed by atoms with van der Waals surface area (Å²) in [7, 11) is 1.64. The highest BCUT2D eigenvalue weighted by Crippen LogP contribution is 2.25. The smallest absolute Gasteiger partial charge is 0.256 e. The maximum absolute atomic E-state index is 13.4. The SMILES string of the molecule is CN(C(=O)c1cccc(F)c1F)C1CCC1. The van der Waals surface area contributed by atoms with Gasteiger partial charge in [-0.15, -0.1) is 0 Å². The number of carbonyl (C=O) groups is 1. The van der Waals surface area contributed by atoms with Gasteiger partial charge in [-0.05, 0) is 31.4 Å². The highest BCUT2D eigenvalue weighted by molar-refractivity contribution is 5.94.